The van der Waals surface area contributed by atoms with E-state index in [0.29, 0.717) is 11.8 Å². The van der Waals surface area contributed by atoms with Crippen molar-refractivity contribution in [1.82, 2.24) is 24.6 Å². The second-order valence-corrected chi connectivity index (χ2v) is 8.11. The van der Waals surface area contributed by atoms with Gasteiger partial charge in [-0.3, -0.25) is 9.58 Å². The number of nitrogens with two attached hydrogens (primary N) is 1. The highest BCUT2D eigenvalue weighted by Gasteiger charge is 2.36. The lowest BCUT2D eigenvalue weighted by Gasteiger charge is -2.44. The number of aromatic nitrogens is 4. The number of hydrogen-bond acceptors (Lipinski definition) is 6. The van der Waals surface area contributed by atoms with Crippen LogP contribution in [0.5, 0.6) is 0 Å². The normalized spacial score (nSPS) is 20.0. The predicted molar refractivity (Wildman–Crippen MR) is 108 cm³/mol. The Hall–Kier alpha value is -2.67. The van der Waals surface area contributed by atoms with Crippen LogP contribution in [0.25, 0.3) is 11.0 Å². The fraction of sp³-hybridized carbons (Fsp3) is 0.450. The number of benzene rings is 1. The summed E-state index contributed by atoms with van der Waals surface area (Å²) in [6.07, 6.45) is 2.74. The first-order valence-electron chi connectivity index (χ1n) is 9.40. The Balaban J connectivity index is 1.48. The first-order valence-corrected chi connectivity index (χ1v) is 9.40. The van der Waals surface area contributed by atoms with E-state index in [2.05, 4.69) is 69.5 Å². The van der Waals surface area contributed by atoms with Gasteiger partial charge in [0.2, 0.25) is 5.95 Å². The monoisotopic (exact) mass is 365 g/mol. The number of aryl methyl sites for hydroxylation is 1. The summed E-state index contributed by atoms with van der Waals surface area (Å²) in [5.41, 5.74) is 8.30. The van der Waals surface area contributed by atoms with Crippen molar-refractivity contribution < 1.29 is 0 Å². The van der Waals surface area contributed by atoms with Gasteiger partial charge in [-0.25, -0.2) is 0 Å². The van der Waals surface area contributed by atoms with Gasteiger partial charge in [0, 0.05) is 32.7 Å². The number of hydrogen-bond donors (Lipinski definition) is 2. The molecule has 0 radical (unpaired) electrons. The van der Waals surface area contributed by atoms with Gasteiger partial charge in [-0.2, -0.15) is 15.1 Å². The molecule has 1 atom stereocenters. The summed E-state index contributed by atoms with van der Waals surface area (Å²) in [5, 5.41) is 8.55. The van der Waals surface area contributed by atoms with Crippen LogP contribution in [0.2, 0.25) is 0 Å². The highest BCUT2D eigenvalue weighted by atomic mass is 15.3. The molecule has 142 valence electrons. The van der Waals surface area contributed by atoms with Gasteiger partial charge < -0.3 is 11.1 Å². The SMILES string of the molecule is Cn1ncc2c(N)nc(NC3CCN(Cc4ccccc4)CC3(C)C)nc21. The van der Waals surface area contributed by atoms with Gasteiger partial charge >= 0.3 is 0 Å². The Morgan fingerprint density at radius 1 is 1.22 bits per heavy atom. The van der Waals surface area contributed by atoms with E-state index < -0.39 is 0 Å². The van der Waals surface area contributed by atoms with Gasteiger partial charge in [-0.15, -0.1) is 0 Å². The van der Waals surface area contributed by atoms with Crippen LogP contribution in [0, 0.1) is 5.41 Å². The molecule has 0 aliphatic carbocycles. The third kappa shape index (κ3) is 3.60. The number of rotatable bonds is 4. The second kappa shape index (κ2) is 6.81. The van der Waals surface area contributed by atoms with E-state index in [1.54, 1.807) is 10.9 Å². The van der Waals surface area contributed by atoms with E-state index in [1.807, 2.05) is 7.05 Å². The van der Waals surface area contributed by atoms with Crippen LogP contribution < -0.4 is 11.1 Å². The highest BCUT2D eigenvalue weighted by Crippen LogP contribution is 2.32. The zero-order valence-electron chi connectivity index (χ0n) is 16.2. The first-order chi connectivity index (χ1) is 12.9. The smallest absolute Gasteiger partial charge is 0.226 e. The number of likely N-dealkylation sites (tertiary alicyclic amines) is 1. The van der Waals surface area contributed by atoms with Crippen molar-refractivity contribution in [3.05, 3.63) is 42.1 Å². The quantitative estimate of drug-likeness (QED) is 0.739. The fourth-order valence-electron chi connectivity index (χ4n) is 3.98. The minimum absolute atomic E-state index is 0.0898. The van der Waals surface area contributed by atoms with Crippen molar-refractivity contribution in [2.75, 3.05) is 24.1 Å². The number of piperidine rings is 1. The molecule has 0 saturated carbocycles. The van der Waals surface area contributed by atoms with Gasteiger partial charge in [-0.1, -0.05) is 44.2 Å². The molecule has 7 heteroatoms. The number of anilines is 2. The van der Waals surface area contributed by atoms with Gasteiger partial charge in [0.05, 0.1) is 11.6 Å². The van der Waals surface area contributed by atoms with E-state index in [1.165, 1.54) is 5.56 Å². The third-order valence-corrected chi connectivity index (χ3v) is 5.48. The molecule has 1 saturated heterocycles. The predicted octanol–water partition coefficient (Wildman–Crippen LogP) is 2.66. The van der Waals surface area contributed by atoms with E-state index in [0.717, 1.165) is 37.1 Å². The molecule has 1 aromatic carbocycles. The van der Waals surface area contributed by atoms with Crippen molar-refractivity contribution in [3.8, 4) is 0 Å². The molecule has 7 nitrogen and oxygen atoms in total. The second-order valence-electron chi connectivity index (χ2n) is 8.11. The maximum Gasteiger partial charge on any atom is 0.226 e. The van der Waals surface area contributed by atoms with Crippen LogP contribution in [-0.4, -0.2) is 43.8 Å². The molecule has 0 amide bonds. The minimum atomic E-state index is 0.0898. The van der Waals surface area contributed by atoms with Crippen LogP contribution in [0.3, 0.4) is 0 Å². The van der Waals surface area contributed by atoms with Gasteiger partial charge in [0.25, 0.3) is 0 Å². The number of fused-ring (bicyclic) bond motifs is 1. The fourth-order valence-corrected chi connectivity index (χ4v) is 3.98. The molecule has 27 heavy (non-hydrogen) atoms. The van der Waals surface area contributed by atoms with Crippen molar-refractivity contribution in [2.24, 2.45) is 12.5 Å². The molecule has 3 N–H and O–H groups in total. The summed E-state index contributed by atoms with van der Waals surface area (Å²) < 4.78 is 1.73. The maximum atomic E-state index is 6.10. The average Bonchev–Trinajstić information content (AvgIpc) is 3.00. The lowest BCUT2D eigenvalue weighted by atomic mass is 9.79. The summed E-state index contributed by atoms with van der Waals surface area (Å²) in [6, 6.07) is 10.9. The molecule has 0 spiro atoms. The standard InChI is InChI=1S/C20H27N7/c1-20(2)13-27(12-14-7-5-4-6-8-14)10-9-16(20)23-19-24-17(21)15-11-22-26(3)18(15)25-19/h4-8,11,16H,9-10,12-13H2,1-3H3,(H3,21,23,24,25). The first kappa shape index (κ1) is 17.7. The topological polar surface area (TPSA) is 84.9 Å². The van der Waals surface area contributed by atoms with E-state index in [4.69, 9.17) is 5.73 Å². The maximum absolute atomic E-state index is 6.10. The summed E-state index contributed by atoms with van der Waals surface area (Å²) in [6.45, 7) is 7.64. The third-order valence-electron chi connectivity index (χ3n) is 5.48. The Labute approximate surface area is 159 Å². The molecule has 3 heterocycles. The largest absolute Gasteiger partial charge is 0.383 e. The Kier molecular flexibility index (Phi) is 4.47. The molecule has 2 aromatic heterocycles. The molecular weight excluding hydrogens is 338 g/mol. The van der Waals surface area contributed by atoms with E-state index >= 15 is 0 Å². The van der Waals surface area contributed by atoms with Crippen LogP contribution in [0.4, 0.5) is 11.8 Å². The van der Waals surface area contributed by atoms with Gasteiger partial charge in [-0.05, 0) is 17.4 Å². The number of nitrogens with one attached hydrogen (secondary N) is 1. The lowest BCUT2D eigenvalue weighted by molar-refractivity contribution is 0.0975. The van der Waals surface area contributed by atoms with Crippen molar-refractivity contribution in [1.29, 1.82) is 0 Å². The Morgan fingerprint density at radius 2 is 2.00 bits per heavy atom. The summed E-state index contributed by atoms with van der Waals surface area (Å²) in [5.74, 6) is 1.05. The van der Waals surface area contributed by atoms with Crippen LogP contribution in [0.15, 0.2) is 36.5 Å². The van der Waals surface area contributed by atoms with Crippen LogP contribution in [-0.2, 0) is 13.6 Å². The molecule has 1 aliphatic rings. The van der Waals surface area contributed by atoms with Gasteiger partial charge in [0.1, 0.15) is 5.82 Å². The van der Waals surface area contributed by atoms with Crippen LogP contribution >= 0.6 is 0 Å². The zero-order valence-corrected chi connectivity index (χ0v) is 16.2. The van der Waals surface area contributed by atoms with Crippen molar-refractivity contribution >= 4 is 22.8 Å². The van der Waals surface area contributed by atoms with Gasteiger partial charge in [0.15, 0.2) is 5.65 Å². The molecular formula is C20H27N7. The van der Waals surface area contributed by atoms with E-state index in [9.17, 15) is 0 Å². The minimum Gasteiger partial charge on any atom is -0.383 e. The molecule has 3 aromatic rings. The zero-order chi connectivity index (χ0) is 19.0. The Bertz CT molecular complexity index is 932. The molecule has 1 fully saturated rings. The molecule has 0 bridgehead atoms. The number of nitrogen functional groups attached to an aromatic ring is 1. The van der Waals surface area contributed by atoms with E-state index in [-0.39, 0.29) is 11.5 Å². The summed E-state index contributed by atoms with van der Waals surface area (Å²) >= 11 is 0. The summed E-state index contributed by atoms with van der Waals surface area (Å²) in [4.78, 5) is 11.6. The molecule has 1 aliphatic heterocycles. The lowest BCUT2D eigenvalue weighted by Crippen LogP contribution is -2.51. The van der Waals surface area contributed by atoms with Crippen molar-refractivity contribution in [3.63, 3.8) is 0 Å². The molecule has 1 unspecified atom stereocenters. The summed E-state index contributed by atoms with van der Waals surface area (Å²) in [7, 11) is 1.87. The Morgan fingerprint density at radius 3 is 2.74 bits per heavy atom. The number of nitrogens with zero attached hydrogens (tertiary/aromatic N) is 5. The molecule has 4 rings (SSSR count). The van der Waals surface area contributed by atoms with Crippen molar-refractivity contribution in [2.45, 2.75) is 32.9 Å². The highest BCUT2D eigenvalue weighted by molar-refractivity contribution is 5.86. The average molecular weight is 365 g/mol. The van der Waals surface area contributed by atoms with Crippen LogP contribution in [0.1, 0.15) is 25.8 Å².